The molecule has 6 nitrogen and oxygen atoms in total. The van der Waals surface area contributed by atoms with E-state index in [1.807, 2.05) is 0 Å². The molecule has 1 aromatic carbocycles. The zero-order valence-corrected chi connectivity index (χ0v) is 10.0. The largest absolute Gasteiger partial charge is 0.472 e. The molecule has 0 fully saturated rings. The molecule has 2 rings (SSSR count). The lowest BCUT2D eigenvalue weighted by molar-refractivity contribution is 0.0951. The molecule has 1 heterocycles. The van der Waals surface area contributed by atoms with Crippen LogP contribution in [0.4, 0.5) is 0 Å². The van der Waals surface area contributed by atoms with Crippen molar-refractivity contribution >= 4 is 11.7 Å². The molecule has 19 heavy (non-hydrogen) atoms. The lowest BCUT2D eigenvalue weighted by atomic mass is 10.1. The first kappa shape index (κ1) is 12.7. The molecule has 0 aliphatic carbocycles. The Morgan fingerprint density at radius 1 is 1.37 bits per heavy atom. The van der Waals surface area contributed by atoms with Gasteiger partial charge in [-0.25, -0.2) is 0 Å². The molecule has 1 aromatic heterocycles. The van der Waals surface area contributed by atoms with Crippen molar-refractivity contribution in [1.29, 1.82) is 0 Å². The van der Waals surface area contributed by atoms with E-state index in [4.69, 9.17) is 15.4 Å². The molecule has 0 radical (unpaired) electrons. The molecule has 0 atom stereocenters. The van der Waals surface area contributed by atoms with Gasteiger partial charge in [-0.1, -0.05) is 17.3 Å². The average Bonchev–Trinajstić information content (AvgIpc) is 2.97. The molecule has 0 aliphatic rings. The van der Waals surface area contributed by atoms with Gasteiger partial charge in [0.15, 0.2) is 5.84 Å². The van der Waals surface area contributed by atoms with Crippen LogP contribution in [0, 0.1) is 0 Å². The van der Waals surface area contributed by atoms with Crippen LogP contribution in [0.15, 0.2) is 52.4 Å². The maximum atomic E-state index is 11.9. The fraction of sp³-hybridized carbons (Fsp3) is 0.0769. The van der Waals surface area contributed by atoms with Gasteiger partial charge < -0.3 is 20.7 Å². The molecular formula is C13H13N3O3. The summed E-state index contributed by atoms with van der Waals surface area (Å²) in [4.78, 5) is 11.9. The van der Waals surface area contributed by atoms with Gasteiger partial charge >= 0.3 is 0 Å². The van der Waals surface area contributed by atoms with E-state index in [2.05, 4.69) is 10.5 Å². The summed E-state index contributed by atoms with van der Waals surface area (Å²) in [7, 11) is 0. The molecular weight excluding hydrogens is 246 g/mol. The topological polar surface area (TPSA) is 101 Å². The summed E-state index contributed by atoms with van der Waals surface area (Å²) in [6, 6.07) is 8.30. The van der Waals surface area contributed by atoms with Gasteiger partial charge in [-0.05, 0) is 18.2 Å². The first-order chi connectivity index (χ1) is 9.20. The molecule has 0 saturated heterocycles. The third kappa shape index (κ3) is 3.12. The lowest BCUT2D eigenvalue weighted by Gasteiger charge is -2.05. The number of hydrogen-bond acceptors (Lipinski definition) is 4. The smallest absolute Gasteiger partial charge is 0.251 e. The van der Waals surface area contributed by atoms with E-state index >= 15 is 0 Å². The van der Waals surface area contributed by atoms with Gasteiger partial charge in [0.2, 0.25) is 0 Å². The van der Waals surface area contributed by atoms with Crippen LogP contribution in [0.25, 0.3) is 0 Å². The predicted molar refractivity (Wildman–Crippen MR) is 68.8 cm³/mol. The summed E-state index contributed by atoms with van der Waals surface area (Å²) >= 11 is 0. The first-order valence-electron chi connectivity index (χ1n) is 5.58. The van der Waals surface area contributed by atoms with E-state index in [9.17, 15) is 4.79 Å². The number of rotatable bonds is 4. The standard InChI is InChI=1S/C13H13N3O3/c14-12(16-18)10-2-1-3-11(6-10)13(17)15-7-9-4-5-19-8-9/h1-6,8,18H,7H2,(H2,14,16)(H,15,17). The minimum Gasteiger partial charge on any atom is -0.472 e. The Labute approximate surface area is 109 Å². The van der Waals surface area contributed by atoms with E-state index in [1.165, 1.54) is 0 Å². The highest BCUT2D eigenvalue weighted by Crippen LogP contribution is 2.06. The van der Waals surface area contributed by atoms with Crippen LogP contribution in [0.3, 0.4) is 0 Å². The van der Waals surface area contributed by atoms with Gasteiger partial charge in [-0.15, -0.1) is 0 Å². The number of amidine groups is 1. The van der Waals surface area contributed by atoms with Crippen LogP contribution < -0.4 is 11.1 Å². The van der Waals surface area contributed by atoms with E-state index in [0.29, 0.717) is 17.7 Å². The Bertz CT molecular complexity index is 591. The quantitative estimate of drug-likeness (QED) is 0.333. The minimum atomic E-state index is -0.242. The second kappa shape index (κ2) is 5.72. The zero-order valence-electron chi connectivity index (χ0n) is 10.0. The zero-order chi connectivity index (χ0) is 13.7. The van der Waals surface area contributed by atoms with Crippen LogP contribution in [-0.2, 0) is 6.54 Å². The molecule has 0 spiro atoms. The normalized spacial score (nSPS) is 11.3. The minimum absolute atomic E-state index is 0.0375. The van der Waals surface area contributed by atoms with Crippen LogP contribution in [0.2, 0.25) is 0 Å². The summed E-state index contributed by atoms with van der Waals surface area (Å²) in [5.41, 5.74) is 7.27. The maximum Gasteiger partial charge on any atom is 0.251 e. The fourth-order valence-corrected chi connectivity index (χ4v) is 1.56. The number of benzene rings is 1. The van der Waals surface area contributed by atoms with Gasteiger partial charge in [0.05, 0.1) is 12.5 Å². The van der Waals surface area contributed by atoms with Crippen molar-refractivity contribution in [2.24, 2.45) is 10.9 Å². The van der Waals surface area contributed by atoms with Crippen molar-refractivity contribution < 1.29 is 14.4 Å². The predicted octanol–water partition coefficient (Wildman–Crippen LogP) is 1.30. The van der Waals surface area contributed by atoms with Crippen molar-refractivity contribution in [3.63, 3.8) is 0 Å². The number of hydrogen-bond donors (Lipinski definition) is 3. The number of carbonyl (C=O) groups is 1. The fourth-order valence-electron chi connectivity index (χ4n) is 1.56. The maximum absolute atomic E-state index is 11.9. The van der Waals surface area contributed by atoms with Crippen LogP contribution in [-0.4, -0.2) is 17.0 Å². The molecule has 6 heteroatoms. The van der Waals surface area contributed by atoms with Gasteiger partial charge in [-0.3, -0.25) is 4.79 Å². The third-order valence-electron chi connectivity index (χ3n) is 2.56. The van der Waals surface area contributed by atoms with Crippen LogP contribution in [0.1, 0.15) is 21.5 Å². The van der Waals surface area contributed by atoms with E-state index in [-0.39, 0.29) is 11.7 Å². The number of nitrogens with one attached hydrogen (secondary N) is 1. The molecule has 0 saturated carbocycles. The summed E-state index contributed by atoms with van der Waals surface area (Å²) < 4.78 is 4.91. The Morgan fingerprint density at radius 3 is 2.84 bits per heavy atom. The Hall–Kier alpha value is -2.76. The van der Waals surface area contributed by atoms with Crippen molar-refractivity contribution in [2.75, 3.05) is 0 Å². The number of amides is 1. The third-order valence-corrected chi connectivity index (χ3v) is 2.56. The molecule has 2 aromatic rings. The average molecular weight is 259 g/mol. The van der Waals surface area contributed by atoms with E-state index in [1.54, 1.807) is 42.9 Å². The lowest BCUT2D eigenvalue weighted by Crippen LogP contribution is -2.23. The Kier molecular flexibility index (Phi) is 3.82. The summed E-state index contributed by atoms with van der Waals surface area (Å²) in [6.45, 7) is 0.378. The number of oxime groups is 1. The van der Waals surface area contributed by atoms with Gasteiger partial charge in [0.25, 0.3) is 5.91 Å². The number of nitrogens with zero attached hydrogens (tertiary/aromatic N) is 1. The molecule has 0 aliphatic heterocycles. The second-order valence-corrected chi connectivity index (χ2v) is 3.88. The Morgan fingerprint density at radius 2 is 2.16 bits per heavy atom. The van der Waals surface area contributed by atoms with Crippen LogP contribution in [0.5, 0.6) is 0 Å². The Balaban J connectivity index is 2.07. The SMILES string of the molecule is N/C(=N/O)c1cccc(C(=O)NCc2ccoc2)c1. The molecule has 0 unspecified atom stereocenters. The van der Waals surface area contributed by atoms with Crippen molar-refractivity contribution in [3.8, 4) is 0 Å². The molecule has 0 bridgehead atoms. The highest BCUT2D eigenvalue weighted by atomic mass is 16.4. The molecule has 4 N–H and O–H groups in total. The first-order valence-corrected chi connectivity index (χ1v) is 5.58. The van der Waals surface area contributed by atoms with Crippen molar-refractivity contribution in [3.05, 3.63) is 59.5 Å². The molecule has 1 amide bonds. The summed E-state index contributed by atoms with van der Waals surface area (Å²) in [5, 5.41) is 14.2. The molecule has 98 valence electrons. The van der Waals surface area contributed by atoms with E-state index < -0.39 is 0 Å². The highest BCUT2D eigenvalue weighted by molar-refractivity contribution is 6.01. The van der Waals surface area contributed by atoms with Gasteiger partial charge in [0.1, 0.15) is 0 Å². The summed E-state index contributed by atoms with van der Waals surface area (Å²) in [6.07, 6.45) is 3.10. The number of carbonyl (C=O) groups excluding carboxylic acids is 1. The highest BCUT2D eigenvalue weighted by Gasteiger charge is 2.08. The van der Waals surface area contributed by atoms with Gasteiger partial charge in [-0.2, -0.15) is 0 Å². The van der Waals surface area contributed by atoms with Crippen molar-refractivity contribution in [2.45, 2.75) is 6.54 Å². The van der Waals surface area contributed by atoms with Crippen LogP contribution >= 0.6 is 0 Å². The number of furan rings is 1. The monoisotopic (exact) mass is 259 g/mol. The van der Waals surface area contributed by atoms with Gasteiger partial charge in [0, 0.05) is 23.2 Å². The van der Waals surface area contributed by atoms with Crippen molar-refractivity contribution in [1.82, 2.24) is 5.32 Å². The van der Waals surface area contributed by atoms with E-state index in [0.717, 1.165) is 5.56 Å². The number of nitrogens with two attached hydrogens (primary N) is 1. The summed E-state index contributed by atoms with van der Waals surface area (Å²) in [5.74, 6) is -0.279. The second-order valence-electron chi connectivity index (χ2n) is 3.88.